The lowest BCUT2D eigenvalue weighted by Crippen LogP contribution is -2.25. The second-order valence-corrected chi connectivity index (χ2v) is 5.11. The van der Waals surface area contributed by atoms with E-state index in [1.54, 1.807) is 20.0 Å². The lowest BCUT2D eigenvalue weighted by Gasteiger charge is -2.07. The van der Waals surface area contributed by atoms with Gasteiger partial charge in [-0.2, -0.15) is 0 Å². The molecule has 0 aromatic carbocycles. The molecule has 0 spiro atoms. The van der Waals surface area contributed by atoms with Gasteiger partial charge in [0.05, 0.1) is 29.8 Å². The van der Waals surface area contributed by atoms with E-state index in [1.807, 2.05) is 18.2 Å². The third-order valence-electron chi connectivity index (χ3n) is 2.01. The first-order valence-electron chi connectivity index (χ1n) is 6.01. The summed E-state index contributed by atoms with van der Waals surface area (Å²) in [7, 11) is 0. The van der Waals surface area contributed by atoms with Crippen molar-refractivity contribution in [1.82, 2.24) is 10.3 Å². The van der Waals surface area contributed by atoms with Crippen molar-refractivity contribution in [3.8, 4) is 0 Å². The Labute approximate surface area is 117 Å². The van der Waals surface area contributed by atoms with Crippen molar-refractivity contribution in [2.45, 2.75) is 26.5 Å². The SMILES string of the molecule is CC(C)OC(=O)CSCC(=O)NCc1ccccn1. The van der Waals surface area contributed by atoms with Crippen LogP contribution in [0.3, 0.4) is 0 Å². The molecular formula is C13H18N2O3S. The van der Waals surface area contributed by atoms with Gasteiger partial charge in [0, 0.05) is 6.20 Å². The Hall–Kier alpha value is -1.56. The molecular weight excluding hydrogens is 264 g/mol. The summed E-state index contributed by atoms with van der Waals surface area (Å²) in [6, 6.07) is 5.53. The molecule has 0 unspecified atom stereocenters. The number of amides is 1. The molecule has 19 heavy (non-hydrogen) atoms. The predicted molar refractivity (Wildman–Crippen MR) is 74.6 cm³/mol. The second-order valence-electron chi connectivity index (χ2n) is 4.13. The van der Waals surface area contributed by atoms with Gasteiger partial charge in [-0.3, -0.25) is 14.6 Å². The van der Waals surface area contributed by atoms with E-state index in [4.69, 9.17) is 4.74 Å². The molecule has 0 radical (unpaired) electrons. The summed E-state index contributed by atoms with van der Waals surface area (Å²) in [6.45, 7) is 3.99. The maximum atomic E-state index is 11.5. The predicted octanol–water partition coefficient (Wildman–Crippen LogP) is 1.38. The van der Waals surface area contributed by atoms with Crippen LogP contribution >= 0.6 is 11.8 Å². The monoisotopic (exact) mass is 282 g/mol. The first kappa shape index (κ1) is 15.5. The molecule has 0 aliphatic rings. The Kier molecular flexibility index (Phi) is 6.95. The van der Waals surface area contributed by atoms with Crippen LogP contribution in [-0.2, 0) is 20.9 Å². The van der Waals surface area contributed by atoms with E-state index in [2.05, 4.69) is 10.3 Å². The number of carbonyl (C=O) groups excluding carboxylic acids is 2. The summed E-state index contributed by atoms with van der Waals surface area (Å²) in [5, 5.41) is 2.74. The number of aromatic nitrogens is 1. The number of pyridine rings is 1. The van der Waals surface area contributed by atoms with Crippen LogP contribution in [0.2, 0.25) is 0 Å². The Morgan fingerprint density at radius 2 is 2.16 bits per heavy atom. The summed E-state index contributed by atoms with van der Waals surface area (Å²) < 4.78 is 4.96. The zero-order valence-corrected chi connectivity index (χ0v) is 11.9. The molecule has 0 saturated heterocycles. The second kappa shape index (κ2) is 8.53. The van der Waals surface area contributed by atoms with Gasteiger partial charge in [-0.05, 0) is 26.0 Å². The molecule has 1 aromatic rings. The van der Waals surface area contributed by atoms with Crippen molar-refractivity contribution in [2.75, 3.05) is 11.5 Å². The molecule has 1 rings (SSSR count). The van der Waals surface area contributed by atoms with Crippen molar-refractivity contribution < 1.29 is 14.3 Å². The fourth-order valence-electron chi connectivity index (χ4n) is 1.27. The highest BCUT2D eigenvalue weighted by molar-refractivity contribution is 8.00. The van der Waals surface area contributed by atoms with E-state index in [0.717, 1.165) is 5.69 Å². The molecule has 104 valence electrons. The van der Waals surface area contributed by atoms with Crippen molar-refractivity contribution in [1.29, 1.82) is 0 Å². The summed E-state index contributed by atoms with van der Waals surface area (Å²) in [4.78, 5) is 26.8. The van der Waals surface area contributed by atoms with Gasteiger partial charge in [0.15, 0.2) is 0 Å². The van der Waals surface area contributed by atoms with Gasteiger partial charge >= 0.3 is 5.97 Å². The molecule has 0 aliphatic carbocycles. The minimum absolute atomic E-state index is 0.118. The molecule has 0 bridgehead atoms. The fraction of sp³-hybridized carbons (Fsp3) is 0.462. The molecule has 1 aromatic heterocycles. The molecule has 0 atom stereocenters. The summed E-state index contributed by atoms with van der Waals surface area (Å²) >= 11 is 1.24. The maximum absolute atomic E-state index is 11.5. The Bertz CT molecular complexity index is 410. The molecule has 1 N–H and O–H groups in total. The van der Waals surface area contributed by atoms with Crippen molar-refractivity contribution in [3.05, 3.63) is 30.1 Å². The highest BCUT2D eigenvalue weighted by atomic mass is 32.2. The van der Waals surface area contributed by atoms with Crippen LogP contribution in [0.4, 0.5) is 0 Å². The van der Waals surface area contributed by atoms with Gasteiger partial charge in [-0.25, -0.2) is 0 Å². The topological polar surface area (TPSA) is 68.3 Å². The Balaban J connectivity index is 2.13. The third-order valence-corrected chi connectivity index (χ3v) is 2.92. The average Bonchev–Trinajstić information content (AvgIpc) is 2.36. The maximum Gasteiger partial charge on any atom is 0.316 e. The standard InChI is InChI=1S/C13H18N2O3S/c1-10(2)18-13(17)9-19-8-12(16)15-7-11-5-3-4-6-14-11/h3-6,10H,7-9H2,1-2H3,(H,15,16). The van der Waals surface area contributed by atoms with Gasteiger partial charge in [0.2, 0.25) is 5.91 Å². The van der Waals surface area contributed by atoms with E-state index < -0.39 is 0 Å². The van der Waals surface area contributed by atoms with E-state index in [9.17, 15) is 9.59 Å². The van der Waals surface area contributed by atoms with Crippen LogP contribution in [0.5, 0.6) is 0 Å². The van der Waals surface area contributed by atoms with Crippen LogP contribution < -0.4 is 5.32 Å². The number of hydrogen-bond donors (Lipinski definition) is 1. The quantitative estimate of drug-likeness (QED) is 0.765. The van der Waals surface area contributed by atoms with Crippen molar-refractivity contribution in [2.24, 2.45) is 0 Å². The minimum atomic E-state index is -0.294. The molecule has 0 saturated carbocycles. The van der Waals surface area contributed by atoms with Crippen molar-refractivity contribution >= 4 is 23.6 Å². The number of nitrogens with zero attached hydrogens (tertiary/aromatic N) is 1. The molecule has 0 aliphatic heterocycles. The van der Waals surface area contributed by atoms with E-state index in [-0.39, 0.29) is 29.5 Å². The van der Waals surface area contributed by atoms with E-state index in [1.165, 1.54) is 11.8 Å². The summed E-state index contributed by atoms with van der Waals surface area (Å²) in [5.41, 5.74) is 0.806. The van der Waals surface area contributed by atoms with Gasteiger partial charge in [-0.1, -0.05) is 6.07 Å². The van der Waals surface area contributed by atoms with Gasteiger partial charge in [0.1, 0.15) is 0 Å². The van der Waals surface area contributed by atoms with Crippen LogP contribution in [0, 0.1) is 0 Å². The number of hydrogen-bond acceptors (Lipinski definition) is 5. The zero-order chi connectivity index (χ0) is 14.1. The average molecular weight is 282 g/mol. The first-order valence-corrected chi connectivity index (χ1v) is 7.17. The van der Waals surface area contributed by atoms with Gasteiger partial charge in [0.25, 0.3) is 0 Å². The van der Waals surface area contributed by atoms with Crippen LogP contribution in [0.25, 0.3) is 0 Å². The largest absolute Gasteiger partial charge is 0.462 e. The minimum Gasteiger partial charge on any atom is -0.462 e. The summed E-state index contributed by atoms with van der Waals surface area (Å²) in [5.74, 6) is 0.0143. The van der Waals surface area contributed by atoms with E-state index >= 15 is 0 Å². The third kappa shape index (κ3) is 7.46. The normalized spacial score (nSPS) is 10.3. The molecule has 5 nitrogen and oxygen atoms in total. The Morgan fingerprint density at radius 1 is 1.37 bits per heavy atom. The van der Waals surface area contributed by atoms with E-state index in [0.29, 0.717) is 6.54 Å². The molecule has 6 heteroatoms. The number of nitrogens with one attached hydrogen (secondary N) is 1. The lowest BCUT2D eigenvalue weighted by atomic mass is 10.3. The number of ether oxygens (including phenoxy) is 1. The molecule has 1 heterocycles. The van der Waals surface area contributed by atoms with Crippen molar-refractivity contribution in [3.63, 3.8) is 0 Å². The van der Waals surface area contributed by atoms with Crippen LogP contribution in [-0.4, -0.2) is 34.5 Å². The van der Waals surface area contributed by atoms with Gasteiger partial charge in [-0.15, -0.1) is 11.8 Å². The number of rotatable bonds is 7. The zero-order valence-electron chi connectivity index (χ0n) is 11.1. The first-order chi connectivity index (χ1) is 9.08. The highest BCUT2D eigenvalue weighted by Crippen LogP contribution is 2.02. The lowest BCUT2D eigenvalue weighted by molar-refractivity contribution is -0.144. The van der Waals surface area contributed by atoms with Gasteiger partial charge < -0.3 is 10.1 Å². The summed E-state index contributed by atoms with van der Waals surface area (Å²) in [6.07, 6.45) is 1.56. The molecule has 1 amide bonds. The number of thioether (sulfide) groups is 1. The Morgan fingerprint density at radius 3 is 2.79 bits per heavy atom. The smallest absolute Gasteiger partial charge is 0.316 e. The molecule has 0 fully saturated rings. The number of esters is 1. The van der Waals surface area contributed by atoms with Crippen LogP contribution in [0.1, 0.15) is 19.5 Å². The fourth-order valence-corrected chi connectivity index (χ4v) is 1.89. The highest BCUT2D eigenvalue weighted by Gasteiger charge is 2.08. The van der Waals surface area contributed by atoms with Crippen LogP contribution in [0.15, 0.2) is 24.4 Å². The number of carbonyl (C=O) groups is 2.